The first-order valence-electron chi connectivity index (χ1n) is 10.2. The summed E-state index contributed by atoms with van der Waals surface area (Å²) in [5.74, 6) is 1.20. The Morgan fingerprint density at radius 1 is 1.16 bits per heavy atom. The Morgan fingerprint density at radius 3 is 2.52 bits per heavy atom. The van der Waals surface area contributed by atoms with Gasteiger partial charge in [0.2, 0.25) is 10.0 Å². The molecule has 0 radical (unpaired) electrons. The molecule has 0 aliphatic carbocycles. The van der Waals surface area contributed by atoms with Gasteiger partial charge in [0.1, 0.15) is 5.75 Å². The number of sulfonamides is 1. The topological polar surface area (TPSA) is 94.2 Å². The number of para-hydroxylation sites is 2. The summed E-state index contributed by atoms with van der Waals surface area (Å²) >= 11 is 0. The second kappa shape index (κ2) is 9.47. The fourth-order valence-corrected chi connectivity index (χ4v) is 4.29. The van der Waals surface area contributed by atoms with Gasteiger partial charge in [0, 0.05) is 0 Å². The van der Waals surface area contributed by atoms with Crippen LogP contribution in [0.3, 0.4) is 0 Å². The van der Waals surface area contributed by atoms with E-state index >= 15 is 0 Å². The average molecular weight is 449 g/mol. The van der Waals surface area contributed by atoms with Crippen LogP contribution in [-0.4, -0.2) is 46.4 Å². The lowest BCUT2D eigenvalue weighted by Gasteiger charge is -2.34. The van der Waals surface area contributed by atoms with Crippen LogP contribution in [0, 0.1) is 0 Å². The number of anilines is 1. The van der Waals surface area contributed by atoms with Crippen molar-refractivity contribution in [2.24, 2.45) is 0 Å². The van der Waals surface area contributed by atoms with Crippen LogP contribution in [0.1, 0.15) is 32.4 Å². The minimum absolute atomic E-state index is 0.0954. The molecule has 3 rings (SSSR count). The SMILES string of the molecule is CCOc1ccc([C@@H](C)NC(=O)[C@H]2CN(S(C)(=O)=O)c3ccccc3O2)cc1OCC. The Morgan fingerprint density at radius 2 is 1.84 bits per heavy atom. The third kappa shape index (κ3) is 5.22. The van der Waals surface area contributed by atoms with Gasteiger partial charge in [-0.1, -0.05) is 18.2 Å². The minimum atomic E-state index is -3.57. The highest BCUT2D eigenvalue weighted by Gasteiger charge is 2.35. The first-order chi connectivity index (χ1) is 14.7. The van der Waals surface area contributed by atoms with E-state index in [1.54, 1.807) is 24.3 Å². The molecular weight excluding hydrogens is 420 g/mol. The number of hydrogen-bond acceptors (Lipinski definition) is 6. The van der Waals surface area contributed by atoms with Crippen LogP contribution in [0.15, 0.2) is 42.5 Å². The van der Waals surface area contributed by atoms with E-state index in [9.17, 15) is 13.2 Å². The van der Waals surface area contributed by atoms with Crippen molar-refractivity contribution in [2.45, 2.75) is 32.9 Å². The molecule has 1 aliphatic rings. The molecule has 0 unspecified atom stereocenters. The molecule has 8 nitrogen and oxygen atoms in total. The van der Waals surface area contributed by atoms with E-state index in [2.05, 4.69) is 5.32 Å². The van der Waals surface area contributed by atoms with Gasteiger partial charge in [0.25, 0.3) is 5.91 Å². The molecule has 2 atom stereocenters. The molecule has 0 spiro atoms. The minimum Gasteiger partial charge on any atom is -0.490 e. The fourth-order valence-electron chi connectivity index (χ4n) is 3.38. The number of benzene rings is 2. The van der Waals surface area contributed by atoms with Crippen LogP contribution in [0.2, 0.25) is 0 Å². The Bertz CT molecular complexity index is 1040. The average Bonchev–Trinajstić information content (AvgIpc) is 2.73. The molecule has 1 aliphatic heterocycles. The number of fused-ring (bicyclic) bond motifs is 1. The van der Waals surface area contributed by atoms with Gasteiger partial charge in [0.15, 0.2) is 17.6 Å². The number of amides is 1. The van der Waals surface area contributed by atoms with Crippen molar-refractivity contribution in [3.63, 3.8) is 0 Å². The van der Waals surface area contributed by atoms with E-state index in [4.69, 9.17) is 14.2 Å². The zero-order chi connectivity index (χ0) is 22.6. The van der Waals surface area contributed by atoms with Crippen molar-refractivity contribution in [3.8, 4) is 17.2 Å². The second-order valence-corrected chi connectivity index (χ2v) is 9.08. The summed E-state index contributed by atoms with van der Waals surface area (Å²) in [5.41, 5.74) is 1.26. The molecule has 0 fully saturated rings. The first-order valence-corrected chi connectivity index (χ1v) is 12.0. The highest BCUT2D eigenvalue weighted by molar-refractivity contribution is 7.92. The highest BCUT2D eigenvalue weighted by atomic mass is 32.2. The number of ether oxygens (including phenoxy) is 3. The lowest BCUT2D eigenvalue weighted by molar-refractivity contribution is -0.128. The summed E-state index contributed by atoms with van der Waals surface area (Å²) < 4.78 is 42.8. The van der Waals surface area contributed by atoms with Gasteiger partial charge in [-0.15, -0.1) is 0 Å². The summed E-state index contributed by atoms with van der Waals surface area (Å²) in [4.78, 5) is 12.9. The number of nitrogens with one attached hydrogen (secondary N) is 1. The van der Waals surface area contributed by atoms with Crippen molar-refractivity contribution in [3.05, 3.63) is 48.0 Å². The predicted octanol–water partition coefficient (Wildman–Crippen LogP) is 2.89. The number of nitrogens with zero attached hydrogens (tertiary/aromatic N) is 1. The quantitative estimate of drug-likeness (QED) is 0.667. The van der Waals surface area contributed by atoms with Crippen molar-refractivity contribution in [1.82, 2.24) is 5.32 Å². The van der Waals surface area contributed by atoms with Gasteiger partial charge in [0.05, 0.1) is 37.7 Å². The maximum Gasteiger partial charge on any atom is 0.263 e. The lowest BCUT2D eigenvalue weighted by atomic mass is 10.1. The van der Waals surface area contributed by atoms with Gasteiger partial charge in [-0.3, -0.25) is 9.10 Å². The predicted molar refractivity (Wildman–Crippen MR) is 118 cm³/mol. The molecule has 1 amide bonds. The van der Waals surface area contributed by atoms with E-state index < -0.39 is 22.0 Å². The maximum absolute atomic E-state index is 12.9. The first kappa shape index (κ1) is 22.7. The molecule has 9 heteroatoms. The molecule has 2 aromatic carbocycles. The molecular formula is C22H28N2O6S. The maximum atomic E-state index is 12.9. The summed E-state index contributed by atoms with van der Waals surface area (Å²) in [6, 6.07) is 11.9. The van der Waals surface area contributed by atoms with Crippen LogP contribution in [0.5, 0.6) is 17.2 Å². The number of hydrogen-bond donors (Lipinski definition) is 1. The van der Waals surface area contributed by atoms with Gasteiger partial charge < -0.3 is 19.5 Å². The molecule has 0 bridgehead atoms. The summed E-state index contributed by atoms with van der Waals surface area (Å²) in [7, 11) is -3.57. The molecule has 1 heterocycles. The monoisotopic (exact) mass is 448 g/mol. The number of carbonyl (C=O) groups excluding carboxylic acids is 1. The normalized spacial score (nSPS) is 16.6. The van der Waals surface area contributed by atoms with Crippen LogP contribution >= 0.6 is 0 Å². The van der Waals surface area contributed by atoms with E-state index in [0.717, 1.165) is 11.8 Å². The molecule has 2 aromatic rings. The third-order valence-corrected chi connectivity index (χ3v) is 6.00. The summed E-state index contributed by atoms with van der Waals surface area (Å²) in [6.45, 7) is 6.54. The molecule has 0 saturated heterocycles. The van der Waals surface area contributed by atoms with Crippen molar-refractivity contribution >= 4 is 21.6 Å². The van der Waals surface area contributed by atoms with Crippen LogP contribution in [-0.2, 0) is 14.8 Å². The second-order valence-electron chi connectivity index (χ2n) is 7.17. The number of carbonyl (C=O) groups is 1. The lowest BCUT2D eigenvalue weighted by Crippen LogP contribution is -2.50. The van der Waals surface area contributed by atoms with Crippen molar-refractivity contribution in [2.75, 3.05) is 30.3 Å². The van der Waals surface area contributed by atoms with E-state index in [0.29, 0.717) is 36.1 Å². The Hall–Kier alpha value is -2.94. The van der Waals surface area contributed by atoms with Crippen molar-refractivity contribution in [1.29, 1.82) is 0 Å². The summed E-state index contributed by atoms with van der Waals surface area (Å²) in [5, 5.41) is 2.91. The zero-order valence-corrected chi connectivity index (χ0v) is 18.9. The fraction of sp³-hybridized carbons (Fsp3) is 0.409. The van der Waals surface area contributed by atoms with E-state index in [-0.39, 0.29) is 12.6 Å². The van der Waals surface area contributed by atoms with Crippen LogP contribution < -0.4 is 23.8 Å². The van der Waals surface area contributed by atoms with E-state index in [1.165, 1.54) is 4.31 Å². The van der Waals surface area contributed by atoms with Crippen molar-refractivity contribution < 1.29 is 27.4 Å². The Labute approximate surface area is 183 Å². The molecule has 168 valence electrons. The molecule has 31 heavy (non-hydrogen) atoms. The number of rotatable bonds is 8. The third-order valence-electron chi connectivity index (χ3n) is 4.85. The molecule has 1 N–H and O–H groups in total. The standard InChI is InChI=1S/C22H28N2O6S/c1-5-28-19-12-11-16(13-20(19)29-6-2)15(3)23-22(25)21-14-24(31(4,26)27)17-9-7-8-10-18(17)30-21/h7-13,15,21H,5-6,14H2,1-4H3,(H,23,25)/t15-,21-/m1/s1. The molecule has 0 saturated carbocycles. The molecule has 0 aromatic heterocycles. The van der Waals surface area contributed by atoms with E-state index in [1.807, 2.05) is 39.0 Å². The van der Waals surface area contributed by atoms with Gasteiger partial charge in [-0.25, -0.2) is 8.42 Å². The highest BCUT2D eigenvalue weighted by Crippen LogP contribution is 2.35. The van der Waals surface area contributed by atoms with Crippen LogP contribution in [0.25, 0.3) is 0 Å². The zero-order valence-electron chi connectivity index (χ0n) is 18.1. The van der Waals surface area contributed by atoms with Gasteiger partial charge >= 0.3 is 0 Å². The van der Waals surface area contributed by atoms with Gasteiger partial charge in [-0.05, 0) is 50.6 Å². The Balaban J connectivity index is 1.78. The largest absolute Gasteiger partial charge is 0.490 e. The summed E-state index contributed by atoms with van der Waals surface area (Å²) in [6.07, 6.45) is 0.142. The van der Waals surface area contributed by atoms with Crippen LogP contribution in [0.4, 0.5) is 5.69 Å². The smallest absolute Gasteiger partial charge is 0.263 e. The Kier molecular flexibility index (Phi) is 6.94. The van der Waals surface area contributed by atoms with Gasteiger partial charge in [-0.2, -0.15) is 0 Å².